The first-order valence-electron chi connectivity index (χ1n) is 10.8. The Morgan fingerprint density at radius 3 is 1.72 bits per heavy atom. The van der Waals surface area contributed by atoms with Gasteiger partial charge in [0.05, 0.1) is 13.0 Å². The second-order valence-electron chi connectivity index (χ2n) is 10.5. The zero-order valence-corrected chi connectivity index (χ0v) is 20.4. The molecule has 6 heteroatoms. The number of aromatic hydroxyl groups is 2. The minimum Gasteiger partial charge on any atom is -0.507 e. The van der Waals surface area contributed by atoms with Crippen LogP contribution in [-0.4, -0.2) is 28.5 Å². The highest BCUT2D eigenvalue weighted by Gasteiger charge is 2.28. The van der Waals surface area contributed by atoms with Crippen LogP contribution in [0.4, 0.5) is 0 Å². The highest BCUT2D eigenvalue weighted by atomic mass is 17.1. The molecule has 1 atom stereocenters. The molecule has 0 radical (unpaired) electrons. The van der Waals surface area contributed by atoms with E-state index in [2.05, 4.69) is 4.89 Å². The minimum absolute atomic E-state index is 0.125. The molecule has 0 saturated carbocycles. The second kappa shape index (κ2) is 9.51. The lowest BCUT2D eigenvalue weighted by atomic mass is 9.78. The van der Waals surface area contributed by atoms with Crippen molar-refractivity contribution in [1.29, 1.82) is 0 Å². The summed E-state index contributed by atoms with van der Waals surface area (Å²) in [6.07, 6.45) is -0.136. The number of phenols is 2. The summed E-state index contributed by atoms with van der Waals surface area (Å²) < 4.78 is 5.33. The van der Waals surface area contributed by atoms with E-state index in [1.807, 2.05) is 60.6 Å². The number of hydrogen-bond acceptors (Lipinski definition) is 6. The van der Waals surface area contributed by atoms with Crippen molar-refractivity contribution in [3.05, 3.63) is 57.6 Å². The number of hydrogen-bond donors (Lipinski definition) is 3. The van der Waals surface area contributed by atoms with E-state index in [0.29, 0.717) is 28.9 Å². The number of methoxy groups -OCH3 is 1. The maximum atomic E-state index is 11.7. The average Bonchev–Trinajstić information content (AvgIpc) is 2.68. The number of benzene rings is 2. The zero-order valence-electron chi connectivity index (χ0n) is 20.4. The molecule has 2 aromatic carbocycles. The number of carbonyl (C=O) groups excluding carboxylic acids is 1. The molecule has 6 nitrogen and oxygen atoms in total. The first-order chi connectivity index (χ1) is 14.7. The maximum Gasteiger partial charge on any atom is 0.346 e. The van der Waals surface area contributed by atoms with E-state index in [4.69, 9.17) is 9.99 Å². The van der Waals surface area contributed by atoms with Gasteiger partial charge in [-0.05, 0) is 45.2 Å². The van der Waals surface area contributed by atoms with Crippen molar-refractivity contribution < 1.29 is 29.9 Å². The third kappa shape index (κ3) is 5.61. The fourth-order valence-electron chi connectivity index (χ4n) is 3.96. The van der Waals surface area contributed by atoms with Crippen molar-refractivity contribution in [3.8, 4) is 11.5 Å². The molecule has 1 unspecified atom stereocenters. The Labute approximate surface area is 190 Å². The van der Waals surface area contributed by atoms with Gasteiger partial charge in [-0.2, -0.15) is 5.26 Å². The molecule has 0 bridgehead atoms. The predicted molar refractivity (Wildman–Crippen MR) is 124 cm³/mol. The molecule has 0 aliphatic carbocycles. The molecule has 0 heterocycles. The van der Waals surface area contributed by atoms with Crippen LogP contribution in [0.1, 0.15) is 87.8 Å². The van der Waals surface area contributed by atoms with Crippen LogP contribution in [0.2, 0.25) is 0 Å². The molecule has 0 aliphatic heterocycles. The van der Waals surface area contributed by atoms with Crippen LogP contribution in [0.15, 0.2) is 24.3 Å². The zero-order chi connectivity index (χ0) is 24.4. The highest BCUT2D eigenvalue weighted by molar-refractivity contribution is 5.72. The highest BCUT2D eigenvalue weighted by Crippen LogP contribution is 2.44. The van der Waals surface area contributed by atoms with Crippen LogP contribution in [0.25, 0.3) is 0 Å². The van der Waals surface area contributed by atoms with Gasteiger partial charge in [0.15, 0.2) is 0 Å². The van der Waals surface area contributed by atoms with Crippen LogP contribution in [0.3, 0.4) is 0 Å². The van der Waals surface area contributed by atoms with Crippen molar-refractivity contribution >= 4 is 5.97 Å². The van der Waals surface area contributed by atoms with Gasteiger partial charge < -0.3 is 19.8 Å². The van der Waals surface area contributed by atoms with Crippen molar-refractivity contribution in [2.24, 2.45) is 0 Å². The summed E-state index contributed by atoms with van der Waals surface area (Å²) in [7, 11) is 1.62. The van der Waals surface area contributed by atoms with E-state index in [0.717, 1.165) is 11.1 Å². The summed E-state index contributed by atoms with van der Waals surface area (Å²) in [4.78, 5) is 15.6. The van der Waals surface area contributed by atoms with Gasteiger partial charge in [0.2, 0.25) is 0 Å². The van der Waals surface area contributed by atoms with Crippen molar-refractivity contribution in [2.75, 3.05) is 7.11 Å². The van der Waals surface area contributed by atoms with Gasteiger partial charge >= 0.3 is 5.97 Å². The molecule has 0 aliphatic rings. The fourth-order valence-corrected chi connectivity index (χ4v) is 3.96. The van der Waals surface area contributed by atoms with Crippen LogP contribution < -0.4 is 0 Å². The number of rotatable bonds is 6. The summed E-state index contributed by atoms with van der Waals surface area (Å²) >= 11 is 0. The Balaban J connectivity index is 2.75. The van der Waals surface area contributed by atoms with Crippen molar-refractivity contribution in [2.45, 2.75) is 78.2 Å². The fraction of sp³-hybridized carbons (Fsp3) is 0.500. The average molecular weight is 445 g/mol. The van der Waals surface area contributed by atoms with E-state index >= 15 is 0 Å². The Kier molecular flexibility index (Phi) is 7.63. The third-order valence-electron chi connectivity index (χ3n) is 5.71. The van der Waals surface area contributed by atoms with Gasteiger partial charge in [0.25, 0.3) is 0 Å². The molecule has 0 amide bonds. The molecule has 0 spiro atoms. The molecule has 0 fully saturated rings. The predicted octanol–water partition coefficient (Wildman–Crippen LogP) is 5.55. The van der Waals surface area contributed by atoms with E-state index < -0.39 is 11.4 Å². The van der Waals surface area contributed by atoms with Gasteiger partial charge in [-0.1, -0.05) is 60.6 Å². The lowest BCUT2D eigenvalue weighted by Crippen LogP contribution is -2.16. The minimum atomic E-state index is -0.783. The van der Waals surface area contributed by atoms with E-state index in [1.54, 1.807) is 19.2 Å². The Morgan fingerprint density at radius 1 is 0.875 bits per heavy atom. The standard InChI is InChI=1S/C26H36O6/c1-15(19-10-17(14-31-8)12-21(24(19)29)26(5,6)7)18-9-16(13-22(27)32-30)11-20(23(18)28)25(2,3)4/h9-12,15,28-30H,13-14H2,1-8H3. The second-order valence-corrected chi connectivity index (χ2v) is 10.5. The van der Waals surface area contributed by atoms with Crippen molar-refractivity contribution in [1.82, 2.24) is 0 Å². The summed E-state index contributed by atoms with van der Waals surface area (Å²) in [6, 6.07) is 7.32. The molecule has 0 saturated heterocycles. The normalized spacial score (nSPS) is 13.2. The number of ether oxygens (including phenoxy) is 1. The summed E-state index contributed by atoms with van der Waals surface area (Å²) in [6.45, 7) is 14.3. The molecule has 0 aromatic heterocycles. The maximum absolute atomic E-state index is 11.7. The third-order valence-corrected chi connectivity index (χ3v) is 5.71. The molecular weight excluding hydrogens is 408 g/mol. The monoisotopic (exact) mass is 444 g/mol. The smallest absolute Gasteiger partial charge is 0.346 e. The van der Waals surface area contributed by atoms with Crippen LogP contribution >= 0.6 is 0 Å². The van der Waals surface area contributed by atoms with Gasteiger partial charge in [0, 0.05) is 24.2 Å². The van der Waals surface area contributed by atoms with E-state index in [-0.39, 0.29) is 29.3 Å². The van der Waals surface area contributed by atoms with Crippen molar-refractivity contribution in [3.63, 3.8) is 0 Å². The lowest BCUT2D eigenvalue weighted by Gasteiger charge is -2.28. The topological polar surface area (TPSA) is 96.2 Å². The summed E-state index contributed by atoms with van der Waals surface area (Å²) in [5, 5.41) is 31.1. The van der Waals surface area contributed by atoms with Gasteiger partial charge in [-0.3, -0.25) is 0 Å². The molecular formula is C26H36O6. The largest absolute Gasteiger partial charge is 0.507 e. The number of carbonyl (C=O) groups is 1. The summed E-state index contributed by atoms with van der Waals surface area (Å²) in [5.41, 5.74) is 3.56. The Morgan fingerprint density at radius 2 is 1.31 bits per heavy atom. The molecule has 3 N–H and O–H groups in total. The van der Waals surface area contributed by atoms with E-state index in [9.17, 15) is 15.0 Å². The quantitative estimate of drug-likeness (QED) is 0.399. The molecule has 32 heavy (non-hydrogen) atoms. The van der Waals surface area contributed by atoms with Crippen LogP contribution in [-0.2, 0) is 38.3 Å². The SMILES string of the molecule is COCc1cc(C(C)c2cc(CC(=O)OO)cc(C(C)(C)C)c2O)c(O)c(C(C)(C)C)c1. The first-order valence-corrected chi connectivity index (χ1v) is 10.8. The lowest BCUT2D eigenvalue weighted by molar-refractivity contribution is -0.233. The Bertz CT molecular complexity index is 979. The summed E-state index contributed by atoms with van der Waals surface area (Å²) in [5.74, 6) is -0.852. The Hall–Kier alpha value is -2.57. The van der Waals surface area contributed by atoms with Gasteiger partial charge in [-0.25, -0.2) is 4.79 Å². The first kappa shape index (κ1) is 25.7. The molecule has 2 aromatic rings. The molecule has 176 valence electrons. The van der Waals surface area contributed by atoms with E-state index in [1.165, 1.54) is 0 Å². The van der Waals surface area contributed by atoms with Gasteiger partial charge in [-0.15, -0.1) is 0 Å². The molecule has 2 rings (SSSR count). The van der Waals surface area contributed by atoms with Crippen LogP contribution in [0, 0.1) is 0 Å². The van der Waals surface area contributed by atoms with Crippen LogP contribution in [0.5, 0.6) is 11.5 Å². The number of phenolic OH excluding ortho intramolecular Hbond substituents is 2. The van der Waals surface area contributed by atoms with Gasteiger partial charge in [0.1, 0.15) is 11.5 Å².